The molecular weight excluding hydrogens is 318 g/mol. The molecule has 0 aromatic heterocycles. The molecule has 1 unspecified atom stereocenters. The van der Waals surface area contributed by atoms with Crippen molar-refractivity contribution in [3.8, 4) is 0 Å². The summed E-state index contributed by atoms with van der Waals surface area (Å²) >= 11 is 0. The van der Waals surface area contributed by atoms with Crippen LogP contribution in [0, 0.1) is 10.1 Å². The average molecular weight is 335 g/mol. The van der Waals surface area contributed by atoms with Gasteiger partial charge in [-0.3, -0.25) is 14.3 Å². The second kappa shape index (κ2) is 7.48. The van der Waals surface area contributed by atoms with E-state index in [2.05, 4.69) is 10.0 Å². The van der Waals surface area contributed by atoms with E-state index in [0.29, 0.717) is 5.75 Å². The van der Waals surface area contributed by atoms with Crippen LogP contribution in [0.25, 0.3) is 0 Å². The zero-order valence-corrected chi connectivity index (χ0v) is 13.3. The Balaban J connectivity index is 2.93. The van der Waals surface area contributed by atoms with Crippen LogP contribution in [0.3, 0.4) is 0 Å². The first-order valence-electron chi connectivity index (χ1n) is 6.12. The van der Waals surface area contributed by atoms with Crippen LogP contribution in [0.5, 0.6) is 0 Å². The number of nitrogens with zero attached hydrogens (tertiary/aromatic N) is 1. The number of nitrogens with one attached hydrogen (secondary N) is 2. The summed E-state index contributed by atoms with van der Waals surface area (Å²) < 4.78 is 37.7. The second-order valence-electron chi connectivity index (χ2n) is 4.02. The molecule has 118 valence electrons. The first-order valence-corrected chi connectivity index (χ1v) is 9.09. The van der Waals surface area contributed by atoms with Crippen LogP contribution < -0.4 is 10.0 Å². The third-order valence-corrected chi connectivity index (χ3v) is 5.45. The third-order valence-electron chi connectivity index (χ3n) is 2.69. The van der Waals surface area contributed by atoms with Gasteiger partial charge in [0.25, 0.3) is 5.69 Å². The van der Waals surface area contributed by atoms with Crippen LogP contribution in [0.15, 0.2) is 23.1 Å². The summed E-state index contributed by atoms with van der Waals surface area (Å²) in [5.41, 5.74) is -0.0939. The SMILES string of the molecule is CCS(=O)CCNS(=O)(=O)c1ccc([N+](=O)[O-])c(NC)c1. The molecule has 10 heteroatoms. The lowest BCUT2D eigenvalue weighted by Crippen LogP contribution is -2.28. The summed E-state index contributed by atoms with van der Waals surface area (Å²) in [6.45, 7) is 1.80. The molecule has 21 heavy (non-hydrogen) atoms. The van der Waals surface area contributed by atoms with Crippen LogP contribution in [-0.2, 0) is 20.8 Å². The maximum Gasteiger partial charge on any atom is 0.292 e. The summed E-state index contributed by atoms with van der Waals surface area (Å²) in [5, 5.41) is 13.4. The number of hydrogen-bond donors (Lipinski definition) is 2. The summed E-state index contributed by atoms with van der Waals surface area (Å²) in [5.74, 6) is 0.685. The molecule has 0 heterocycles. The predicted octanol–water partition coefficient (Wildman–Crippen LogP) is 0.683. The van der Waals surface area contributed by atoms with Crippen molar-refractivity contribution in [3.05, 3.63) is 28.3 Å². The summed E-state index contributed by atoms with van der Waals surface area (Å²) in [7, 11) is -3.38. The lowest BCUT2D eigenvalue weighted by Gasteiger charge is -2.08. The van der Waals surface area contributed by atoms with E-state index in [4.69, 9.17) is 0 Å². The zero-order chi connectivity index (χ0) is 16.0. The number of nitro benzene ring substituents is 1. The highest BCUT2D eigenvalue weighted by Crippen LogP contribution is 2.26. The highest BCUT2D eigenvalue weighted by molar-refractivity contribution is 7.89. The normalized spacial score (nSPS) is 12.9. The number of sulfonamides is 1. The van der Waals surface area contributed by atoms with Gasteiger partial charge in [0.2, 0.25) is 10.0 Å². The van der Waals surface area contributed by atoms with Gasteiger partial charge in [0.15, 0.2) is 0 Å². The van der Waals surface area contributed by atoms with Crippen molar-refractivity contribution in [1.29, 1.82) is 0 Å². The Hall–Kier alpha value is -1.52. The number of hydrogen-bond acceptors (Lipinski definition) is 6. The van der Waals surface area contributed by atoms with Gasteiger partial charge >= 0.3 is 0 Å². The largest absolute Gasteiger partial charge is 0.383 e. The quantitative estimate of drug-likeness (QED) is 0.533. The van der Waals surface area contributed by atoms with E-state index in [1.165, 1.54) is 13.1 Å². The van der Waals surface area contributed by atoms with Crippen LogP contribution in [0.2, 0.25) is 0 Å². The van der Waals surface area contributed by atoms with Crippen LogP contribution in [-0.4, -0.2) is 42.6 Å². The predicted molar refractivity (Wildman–Crippen MR) is 81.4 cm³/mol. The van der Waals surface area contributed by atoms with Gasteiger partial charge in [-0.25, -0.2) is 13.1 Å². The Kier molecular flexibility index (Phi) is 6.24. The fourth-order valence-electron chi connectivity index (χ4n) is 1.56. The second-order valence-corrected chi connectivity index (χ2v) is 7.65. The monoisotopic (exact) mass is 335 g/mol. The molecule has 0 bridgehead atoms. The number of benzene rings is 1. The minimum absolute atomic E-state index is 0.0503. The summed E-state index contributed by atoms with van der Waals surface area (Å²) in [6, 6.07) is 3.49. The molecular formula is C11H17N3O5S2. The minimum atomic E-state index is -3.79. The van der Waals surface area contributed by atoms with Gasteiger partial charge in [0, 0.05) is 42.0 Å². The first-order chi connectivity index (χ1) is 9.81. The van der Waals surface area contributed by atoms with Gasteiger partial charge in [0.05, 0.1) is 9.82 Å². The molecule has 0 fully saturated rings. The molecule has 8 nitrogen and oxygen atoms in total. The Labute approximate surface area is 125 Å². The van der Waals surface area contributed by atoms with Gasteiger partial charge in [-0.1, -0.05) is 6.92 Å². The van der Waals surface area contributed by atoms with Crippen LogP contribution in [0.1, 0.15) is 6.92 Å². The third kappa shape index (κ3) is 4.76. The lowest BCUT2D eigenvalue weighted by atomic mass is 10.3. The topological polar surface area (TPSA) is 118 Å². The van der Waals surface area contributed by atoms with E-state index in [0.717, 1.165) is 12.1 Å². The molecule has 1 aromatic carbocycles. The first kappa shape index (κ1) is 17.5. The standard InChI is InChI=1S/C11H17N3O5S2/c1-3-20(17)7-6-13-21(18,19)9-4-5-11(14(15)16)10(8-9)12-2/h4-5,8,12-13H,3,6-7H2,1-2H3. The molecule has 1 atom stereocenters. The maximum absolute atomic E-state index is 12.0. The molecule has 0 radical (unpaired) electrons. The van der Waals surface area contributed by atoms with E-state index in [1.807, 2.05) is 0 Å². The molecule has 0 saturated carbocycles. The lowest BCUT2D eigenvalue weighted by molar-refractivity contribution is -0.384. The van der Waals surface area contributed by atoms with Crippen molar-refractivity contribution in [2.24, 2.45) is 0 Å². The molecule has 0 aliphatic carbocycles. The molecule has 1 aromatic rings. The van der Waals surface area contributed by atoms with Gasteiger partial charge in [-0.2, -0.15) is 0 Å². The van der Waals surface area contributed by atoms with Crippen molar-refractivity contribution in [2.45, 2.75) is 11.8 Å². The van der Waals surface area contributed by atoms with Gasteiger partial charge < -0.3 is 5.32 Å². The van der Waals surface area contributed by atoms with Crippen molar-refractivity contribution in [2.75, 3.05) is 30.4 Å². The summed E-state index contributed by atoms with van der Waals surface area (Å²) in [6.07, 6.45) is 0. The smallest absolute Gasteiger partial charge is 0.292 e. The Morgan fingerprint density at radius 2 is 2.05 bits per heavy atom. The zero-order valence-electron chi connectivity index (χ0n) is 11.7. The highest BCUT2D eigenvalue weighted by Gasteiger charge is 2.19. The molecule has 2 N–H and O–H groups in total. The molecule has 0 aliphatic rings. The average Bonchev–Trinajstić information content (AvgIpc) is 2.45. The Bertz CT molecular complexity index is 645. The van der Waals surface area contributed by atoms with Gasteiger partial charge in [-0.05, 0) is 12.1 Å². The van der Waals surface area contributed by atoms with E-state index in [1.54, 1.807) is 6.92 Å². The maximum atomic E-state index is 12.0. The molecule has 0 saturated heterocycles. The van der Waals surface area contributed by atoms with Crippen LogP contribution in [0.4, 0.5) is 11.4 Å². The fraction of sp³-hybridized carbons (Fsp3) is 0.455. The Morgan fingerprint density at radius 3 is 2.57 bits per heavy atom. The number of rotatable bonds is 8. The Morgan fingerprint density at radius 1 is 1.38 bits per heavy atom. The molecule has 0 aliphatic heterocycles. The molecule has 0 spiro atoms. The van der Waals surface area contributed by atoms with Gasteiger partial charge in [0.1, 0.15) is 5.69 Å². The number of nitro groups is 1. The van der Waals surface area contributed by atoms with E-state index >= 15 is 0 Å². The number of anilines is 1. The van der Waals surface area contributed by atoms with Crippen LogP contribution >= 0.6 is 0 Å². The summed E-state index contributed by atoms with van der Waals surface area (Å²) in [4.78, 5) is 10.1. The van der Waals surface area contributed by atoms with Gasteiger partial charge in [-0.15, -0.1) is 0 Å². The fourth-order valence-corrected chi connectivity index (χ4v) is 3.36. The molecule has 0 amide bonds. The van der Waals surface area contributed by atoms with E-state index < -0.39 is 25.7 Å². The van der Waals surface area contributed by atoms with Crippen molar-refractivity contribution < 1.29 is 17.6 Å². The minimum Gasteiger partial charge on any atom is -0.383 e. The van der Waals surface area contributed by atoms with Crippen molar-refractivity contribution in [3.63, 3.8) is 0 Å². The highest BCUT2D eigenvalue weighted by atomic mass is 32.2. The van der Waals surface area contributed by atoms with E-state index in [-0.39, 0.29) is 28.6 Å². The van der Waals surface area contributed by atoms with Crippen molar-refractivity contribution >= 4 is 32.2 Å². The van der Waals surface area contributed by atoms with E-state index in [9.17, 15) is 22.7 Å². The van der Waals surface area contributed by atoms with Crippen molar-refractivity contribution in [1.82, 2.24) is 4.72 Å². The molecule has 1 rings (SSSR count).